The number of hydrogen-bond acceptors (Lipinski definition) is 5. The van der Waals surface area contributed by atoms with Crippen LogP contribution in [0.5, 0.6) is 17.2 Å². The molecule has 0 aliphatic carbocycles. The number of anilines is 4. The Morgan fingerprint density at radius 2 is 1.15 bits per heavy atom. The van der Waals surface area contributed by atoms with Gasteiger partial charge in [0.15, 0.2) is 11.5 Å². The average Bonchev–Trinajstić information content (AvgIpc) is 2.70. The zero-order valence-electron chi connectivity index (χ0n) is 15.1. The smallest absolute Gasteiger partial charge is 0.162 e. The molecule has 3 aromatic carbocycles. The monoisotopic (exact) mass is 350 g/mol. The number of para-hydroxylation sites is 2. The molecule has 0 aliphatic heterocycles. The summed E-state index contributed by atoms with van der Waals surface area (Å²) in [6.07, 6.45) is 0. The summed E-state index contributed by atoms with van der Waals surface area (Å²) in [6, 6.07) is 21.6. The van der Waals surface area contributed by atoms with Gasteiger partial charge in [0, 0.05) is 17.4 Å². The van der Waals surface area contributed by atoms with Gasteiger partial charge in [-0.05, 0) is 48.5 Å². The van der Waals surface area contributed by atoms with Gasteiger partial charge < -0.3 is 24.8 Å². The molecule has 3 rings (SSSR count). The Morgan fingerprint density at radius 1 is 0.577 bits per heavy atom. The van der Waals surface area contributed by atoms with Crippen LogP contribution < -0.4 is 24.8 Å². The minimum atomic E-state index is 0.679. The molecule has 0 fully saturated rings. The van der Waals surface area contributed by atoms with E-state index in [2.05, 4.69) is 10.6 Å². The molecule has 0 atom stereocenters. The van der Waals surface area contributed by atoms with E-state index in [0.29, 0.717) is 11.5 Å². The van der Waals surface area contributed by atoms with E-state index in [-0.39, 0.29) is 0 Å². The van der Waals surface area contributed by atoms with Crippen molar-refractivity contribution in [1.29, 1.82) is 0 Å². The molecule has 0 aliphatic rings. The summed E-state index contributed by atoms with van der Waals surface area (Å²) in [5, 5.41) is 6.84. The van der Waals surface area contributed by atoms with Crippen LogP contribution in [0.25, 0.3) is 0 Å². The van der Waals surface area contributed by atoms with Gasteiger partial charge in [-0.3, -0.25) is 0 Å². The average molecular weight is 350 g/mol. The van der Waals surface area contributed by atoms with E-state index in [1.807, 2.05) is 66.7 Å². The van der Waals surface area contributed by atoms with Crippen molar-refractivity contribution in [2.24, 2.45) is 0 Å². The molecule has 0 amide bonds. The highest BCUT2D eigenvalue weighted by Gasteiger charge is 2.07. The first kappa shape index (κ1) is 17.5. The fourth-order valence-electron chi connectivity index (χ4n) is 2.60. The maximum Gasteiger partial charge on any atom is 0.162 e. The molecule has 5 nitrogen and oxygen atoms in total. The number of hydrogen-bond donors (Lipinski definition) is 2. The summed E-state index contributed by atoms with van der Waals surface area (Å²) in [6.45, 7) is 0. The molecule has 2 N–H and O–H groups in total. The summed E-state index contributed by atoms with van der Waals surface area (Å²) in [5.74, 6) is 2.20. The van der Waals surface area contributed by atoms with Crippen molar-refractivity contribution >= 4 is 22.7 Å². The quantitative estimate of drug-likeness (QED) is 0.613. The normalized spacial score (nSPS) is 10.1. The van der Waals surface area contributed by atoms with Crippen LogP contribution in [0.3, 0.4) is 0 Å². The van der Waals surface area contributed by atoms with Crippen LogP contribution in [-0.4, -0.2) is 21.3 Å². The van der Waals surface area contributed by atoms with Crippen LogP contribution in [-0.2, 0) is 0 Å². The minimum absolute atomic E-state index is 0.679. The van der Waals surface area contributed by atoms with Crippen LogP contribution in [0, 0.1) is 0 Å². The van der Waals surface area contributed by atoms with E-state index in [1.165, 1.54) is 0 Å². The highest BCUT2D eigenvalue weighted by Crippen LogP contribution is 2.33. The molecule has 134 valence electrons. The lowest BCUT2D eigenvalue weighted by molar-refractivity contribution is 0.355. The Kier molecular flexibility index (Phi) is 5.49. The molecule has 0 spiro atoms. The molecule has 26 heavy (non-hydrogen) atoms. The van der Waals surface area contributed by atoms with Gasteiger partial charge >= 0.3 is 0 Å². The standard InChI is InChI=1S/C21H22N2O3/c1-24-17-11-8-15(9-12-17)22-18-6-4-5-7-19(18)23-16-10-13-20(25-2)21(14-16)26-3/h4-14,22-23H,1-3H3. The summed E-state index contributed by atoms with van der Waals surface area (Å²) >= 11 is 0. The fourth-order valence-corrected chi connectivity index (χ4v) is 2.60. The largest absolute Gasteiger partial charge is 0.497 e. The molecule has 0 radical (unpaired) electrons. The van der Waals surface area contributed by atoms with Gasteiger partial charge in [0.2, 0.25) is 0 Å². The van der Waals surface area contributed by atoms with Crippen molar-refractivity contribution in [2.45, 2.75) is 0 Å². The lowest BCUT2D eigenvalue weighted by Gasteiger charge is -2.15. The van der Waals surface area contributed by atoms with Gasteiger partial charge in [0.1, 0.15) is 5.75 Å². The lowest BCUT2D eigenvalue weighted by atomic mass is 10.2. The molecule has 0 unspecified atom stereocenters. The summed E-state index contributed by atoms with van der Waals surface area (Å²) < 4.78 is 15.9. The van der Waals surface area contributed by atoms with Crippen molar-refractivity contribution in [2.75, 3.05) is 32.0 Å². The zero-order valence-corrected chi connectivity index (χ0v) is 15.1. The number of rotatable bonds is 7. The van der Waals surface area contributed by atoms with Crippen molar-refractivity contribution in [3.8, 4) is 17.2 Å². The number of methoxy groups -OCH3 is 3. The number of benzene rings is 3. The van der Waals surface area contributed by atoms with E-state index in [0.717, 1.165) is 28.5 Å². The van der Waals surface area contributed by atoms with E-state index in [1.54, 1.807) is 21.3 Å². The third kappa shape index (κ3) is 4.00. The molecule has 0 bridgehead atoms. The summed E-state index contributed by atoms with van der Waals surface area (Å²) in [5.41, 5.74) is 3.81. The molecule has 0 aromatic heterocycles. The zero-order chi connectivity index (χ0) is 18.4. The predicted molar refractivity (Wildman–Crippen MR) is 106 cm³/mol. The molecule has 5 heteroatoms. The fraction of sp³-hybridized carbons (Fsp3) is 0.143. The first-order valence-electron chi connectivity index (χ1n) is 8.22. The number of ether oxygens (including phenoxy) is 3. The van der Waals surface area contributed by atoms with Crippen molar-refractivity contribution in [1.82, 2.24) is 0 Å². The van der Waals surface area contributed by atoms with Crippen molar-refractivity contribution in [3.63, 3.8) is 0 Å². The molecule has 0 saturated carbocycles. The Balaban J connectivity index is 1.82. The molecule has 3 aromatic rings. The minimum Gasteiger partial charge on any atom is -0.497 e. The van der Waals surface area contributed by atoms with E-state index in [4.69, 9.17) is 14.2 Å². The molecular formula is C21H22N2O3. The van der Waals surface area contributed by atoms with Crippen LogP contribution >= 0.6 is 0 Å². The third-order valence-corrected chi connectivity index (χ3v) is 3.96. The Morgan fingerprint density at radius 3 is 1.73 bits per heavy atom. The second-order valence-electron chi connectivity index (χ2n) is 5.59. The van der Waals surface area contributed by atoms with Crippen LogP contribution in [0.15, 0.2) is 66.7 Å². The molecular weight excluding hydrogens is 328 g/mol. The maximum absolute atomic E-state index is 5.37. The second kappa shape index (κ2) is 8.16. The topological polar surface area (TPSA) is 51.8 Å². The Hall–Kier alpha value is -3.34. The summed E-state index contributed by atoms with van der Waals surface area (Å²) in [4.78, 5) is 0. The first-order chi connectivity index (χ1) is 12.7. The van der Waals surface area contributed by atoms with Crippen LogP contribution in [0.4, 0.5) is 22.7 Å². The van der Waals surface area contributed by atoms with Crippen LogP contribution in [0.1, 0.15) is 0 Å². The van der Waals surface area contributed by atoms with Gasteiger partial charge in [0.05, 0.1) is 32.7 Å². The highest BCUT2D eigenvalue weighted by atomic mass is 16.5. The molecule has 0 saturated heterocycles. The Labute approximate surface area is 153 Å². The second-order valence-corrected chi connectivity index (χ2v) is 5.59. The van der Waals surface area contributed by atoms with Crippen molar-refractivity contribution < 1.29 is 14.2 Å². The van der Waals surface area contributed by atoms with Gasteiger partial charge in [-0.2, -0.15) is 0 Å². The van der Waals surface area contributed by atoms with Gasteiger partial charge in [-0.15, -0.1) is 0 Å². The molecule has 0 heterocycles. The maximum atomic E-state index is 5.37. The third-order valence-electron chi connectivity index (χ3n) is 3.96. The lowest BCUT2D eigenvalue weighted by Crippen LogP contribution is -1.98. The van der Waals surface area contributed by atoms with E-state index in [9.17, 15) is 0 Å². The van der Waals surface area contributed by atoms with Crippen LogP contribution in [0.2, 0.25) is 0 Å². The van der Waals surface area contributed by atoms with E-state index < -0.39 is 0 Å². The van der Waals surface area contributed by atoms with Crippen molar-refractivity contribution in [3.05, 3.63) is 66.7 Å². The SMILES string of the molecule is COc1ccc(Nc2ccccc2Nc2ccc(OC)c(OC)c2)cc1. The summed E-state index contributed by atoms with van der Waals surface area (Å²) in [7, 11) is 4.91. The van der Waals surface area contributed by atoms with Gasteiger partial charge in [-0.1, -0.05) is 12.1 Å². The number of nitrogens with one attached hydrogen (secondary N) is 2. The van der Waals surface area contributed by atoms with Gasteiger partial charge in [-0.25, -0.2) is 0 Å². The van der Waals surface area contributed by atoms with E-state index >= 15 is 0 Å². The first-order valence-corrected chi connectivity index (χ1v) is 8.22. The highest BCUT2D eigenvalue weighted by molar-refractivity contribution is 5.78. The van der Waals surface area contributed by atoms with Gasteiger partial charge in [0.25, 0.3) is 0 Å². The predicted octanol–water partition coefficient (Wildman–Crippen LogP) is 5.20. The Bertz CT molecular complexity index is 863.